The largest absolute Gasteiger partial charge is 0.482 e. The maximum absolute atomic E-state index is 11.9. The zero-order valence-electron chi connectivity index (χ0n) is 8.27. The molecular weight excluding hydrogens is 207 g/mol. The minimum absolute atomic E-state index is 0.0736. The van der Waals surface area contributed by atoms with Gasteiger partial charge in [-0.1, -0.05) is 13.0 Å². The van der Waals surface area contributed by atoms with Crippen LogP contribution in [-0.2, 0) is 6.42 Å². The van der Waals surface area contributed by atoms with Gasteiger partial charge in [-0.25, -0.2) is 0 Å². The van der Waals surface area contributed by atoms with Crippen molar-refractivity contribution in [3.8, 4) is 5.75 Å². The Hall–Kier alpha value is -1.39. The van der Waals surface area contributed by atoms with Gasteiger partial charge in [0.25, 0.3) is 0 Å². The Kier molecular flexibility index (Phi) is 3.44. The van der Waals surface area contributed by atoms with Crippen LogP contribution < -0.4 is 10.5 Å². The molecule has 0 aliphatic heterocycles. The molecule has 0 fully saturated rings. The summed E-state index contributed by atoms with van der Waals surface area (Å²) in [5.74, 6) is 0.0736. The smallest absolute Gasteiger partial charge is 0.422 e. The van der Waals surface area contributed by atoms with Gasteiger partial charge >= 0.3 is 6.18 Å². The van der Waals surface area contributed by atoms with Crippen molar-refractivity contribution in [2.45, 2.75) is 19.5 Å². The fourth-order valence-corrected chi connectivity index (χ4v) is 1.11. The first-order chi connectivity index (χ1) is 6.92. The summed E-state index contributed by atoms with van der Waals surface area (Å²) in [6.45, 7) is 0.619. The SMILES string of the molecule is CCc1ccc(OCC(F)(F)F)c(N)c1. The van der Waals surface area contributed by atoms with Crippen molar-refractivity contribution in [2.24, 2.45) is 0 Å². The molecule has 0 saturated heterocycles. The van der Waals surface area contributed by atoms with Gasteiger partial charge < -0.3 is 10.5 Å². The lowest BCUT2D eigenvalue weighted by molar-refractivity contribution is -0.153. The van der Waals surface area contributed by atoms with Gasteiger partial charge in [0.15, 0.2) is 6.61 Å². The van der Waals surface area contributed by atoms with Crippen molar-refractivity contribution >= 4 is 5.69 Å². The van der Waals surface area contributed by atoms with Crippen LogP contribution in [0.25, 0.3) is 0 Å². The predicted octanol–water partition coefficient (Wildman–Crippen LogP) is 2.77. The molecule has 0 unspecified atom stereocenters. The maximum atomic E-state index is 11.9. The number of anilines is 1. The van der Waals surface area contributed by atoms with Gasteiger partial charge in [0.05, 0.1) is 5.69 Å². The van der Waals surface area contributed by atoms with Crippen LogP contribution in [-0.4, -0.2) is 12.8 Å². The molecule has 15 heavy (non-hydrogen) atoms. The van der Waals surface area contributed by atoms with Gasteiger partial charge in [0.2, 0.25) is 0 Å². The number of halogens is 3. The second kappa shape index (κ2) is 4.42. The highest BCUT2D eigenvalue weighted by Crippen LogP contribution is 2.25. The molecule has 0 heterocycles. The van der Waals surface area contributed by atoms with Crippen LogP contribution in [0.5, 0.6) is 5.75 Å². The summed E-state index contributed by atoms with van der Waals surface area (Å²) in [5.41, 5.74) is 6.73. The average Bonchev–Trinajstić information content (AvgIpc) is 2.14. The highest BCUT2D eigenvalue weighted by molar-refractivity contribution is 5.54. The van der Waals surface area contributed by atoms with Crippen LogP contribution in [0.2, 0.25) is 0 Å². The molecule has 0 atom stereocenters. The number of rotatable bonds is 3. The topological polar surface area (TPSA) is 35.2 Å². The molecule has 0 aromatic heterocycles. The minimum Gasteiger partial charge on any atom is -0.482 e. The summed E-state index contributed by atoms with van der Waals surface area (Å²) < 4.78 is 40.1. The summed E-state index contributed by atoms with van der Waals surface area (Å²) in [7, 11) is 0. The summed E-state index contributed by atoms with van der Waals surface area (Å²) in [5, 5.41) is 0. The Labute approximate surface area is 85.8 Å². The van der Waals surface area contributed by atoms with E-state index in [4.69, 9.17) is 5.73 Å². The molecule has 2 nitrogen and oxygen atoms in total. The third-order valence-electron chi connectivity index (χ3n) is 1.87. The van der Waals surface area contributed by atoms with E-state index in [1.54, 1.807) is 12.1 Å². The lowest BCUT2D eigenvalue weighted by Gasteiger charge is -2.11. The highest BCUT2D eigenvalue weighted by atomic mass is 19.4. The fraction of sp³-hybridized carbons (Fsp3) is 0.400. The van der Waals surface area contributed by atoms with Crippen LogP contribution >= 0.6 is 0 Å². The molecule has 0 radical (unpaired) electrons. The van der Waals surface area contributed by atoms with E-state index in [1.807, 2.05) is 6.92 Å². The Bertz CT molecular complexity index is 336. The van der Waals surface area contributed by atoms with Crippen LogP contribution in [0.1, 0.15) is 12.5 Å². The Morgan fingerprint density at radius 2 is 2.00 bits per heavy atom. The van der Waals surface area contributed by atoms with Gasteiger partial charge in [0, 0.05) is 0 Å². The molecule has 84 valence electrons. The van der Waals surface area contributed by atoms with E-state index in [-0.39, 0.29) is 11.4 Å². The Morgan fingerprint density at radius 3 is 2.47 bits per heavy atom. The van der Waals surface area contributed by atoms with Crippen LogP contribution in [0.15, 0.2) is 18.2 Å². The molecule has 1 aromatic carbocycles. The molecule has 0 spiro atoms. The lowest BCUT2D eigenvalue weighted by Crippen LogP contribution is -2.19. The first-order valence-corrected chi connectivity index (χ1v) is 4.50. The molecule has 5 heteroatoms. The molecule has 0 saturated carbocycles. The summed E-state index contributed by atoms with van der Waals surface area (Å²) >= 11 is 0. The van der Waals surface area contributed by atoms with Crippen molar-refractivity contribution in [1.29, 1.82) is 0 Å². The fourth-order valence-electron chi connectivity index (χ4n) is 1.11. The van der Waals surface area contributed by atoms with E-state index >= 15 is 0 Å². The number of ether oxygens (including phenoxy) is 1. The summed E-state index contributed by atoms with van der Waals surface area (Å²) in [6, 6.07) is 4.77. The molecule has 0 bridgehead atoms. The molecule has 2 N–H and O–H groups in total. The van der Waals surface area contributed by atoms with Gasteiger partial charge in [-0.3, -0.25) is 0 Å². The number of hydrogen-bond acceptors (Lipinski definition) is 2. The summed E-state index contributed by atoms with van der Waals surface area (Å²) in [6.07, 6.45) is -3.56. The van der Waals surface area contributed by atoms with E-state index in [0.29, 0.717) is 0 Å². The number of nitrogens with two attached hydrogens (primary N) is 1. The molecule has 1 rings (SSSR count). The average molecular weight is 219 g/mol. The highest BCUT2D eigenvalue weighted by Gasteiger charge is 2.28. The first kappa shape index (κ1) is 11.7. The second-order valence-electron chi connectivity index (χ2n) is 3.13. The van der Waals surface area contributed by atoms with Crippen molar-refractivity contribution in [3.63, 3.8) is 0 Å². The molecule has 0 aliphatic rings. The van der Waals surface area contributed by atoms with Crippen LogP contribution in [0.3, 0.4) is 0 Å². The van der Waals surface area contributed by atoms with Gasteiger partial charge in [-0.05, 0) is 24.1 Å². The van der Waals surface area contributed by atoms with E-state index in [9.17, 15) is 13.2 Å². The second-order valence-corrected chi connectivity index (χ2v) is 3.13. The van der Waals surface area contributed by atoms with Gasteiger partial charge in [-0.15, -0.1) is 0 Å². The molecule has 1 aromatic rings. The number of aryl methyl sites for hydroxylation is 1. The molecule has 0 aliphatic carbocycles. The van der Waals surface area contributed by atoms with E-state index in [2.05, 4.69) is 4.74 Å². The van der Waals surface area contributed by atoms with Gasteiger partial charge in [-0.2, -0.15) is 13.2 Å². The Morgan fingerprint density at radius 1 is 1.33 bits per heavy atom. The van der Waals surface area contributed by atoms with Crippen molar-refractivity contribution in [2.75, 3.05) is 12.3 Å². The monoisotopic (exact) mass is 219 g/mol. The van der Waals surface area contributed by atoms with Crippen LogP contribution in [0.4, 0.5) is 18.9 Å². The number of alkyl halides is 3. The first-order valence-electron chi connectivity index (χ1n) is 4.50. The van der Waals surface area contributed by atoms with Crippen molar-refractivity contribution in [3.05, 3.63) is 23.8 Å². The van der Waals surface area contributed by atoms with Crippen molar-refractivity contribution < 1.29 is 17.9 Å². The normalized spacial score (nSPS) is 11.5. The third kappa shape index (κ3) is 3.69. The zero-order chi connectivity index (χ0) is 11.5. The summed E-state index contributed by atoms with van der Waals surface area (Å²) in [4.78, 5) is 0. The number of benzene rings is 1. The third-order valence-corrected chi connectivity index (χ3v) is 1.87. The van der Waals surface area contributed by atoms with E-state index in [1.165, 1.54) is 6.07 Å². The molecule has 0 amide bonds. The quantitative estimate of drug-likeness (QED) is 0.793. The Balaban J connectivity index is 2.70. The van der Waals surface area contributed by atoms with Gasteiger partial charge in [0.1, 0.15) is 5.75 Å². The lowest BCUT2D eigenvalue weighted by atomic mass is 10.1. The zero-order valence-corrected chi connectivity index (χ0v) is 8.27. The predicted molar refractivity (Wildman–Crippen MR) is 51.8 cm³/mol. The van der Waals surface area contributed by atoms with E-state index in [0.717, 1.165) is 12.0 Å². The van der Waals surface area contributed by atoms with E-state index < -0.39 is 12.8 Å². The number of hydrogen-bond donors (Lipinski definition) is 1. The number of nitrogen functional groups attached to an aromatic ring is 1. The molecular formula is C10H12F3NO. The minimum atomic E-state index is -4.34. The van der Waals surface area contributed by atoms with Crippen molar-refractivity contribution in [1.82, 2.24) is 0 Å². The standard InChI is InChI=1S/C10H12F3NO/c1-2-7-3-4-9(8(14)5-7)15-6-10(11,12)13/h3-5H,2,6,14H2,1H3. The van der Waals surface area contributed by atoms with Crippen LogP contribution in [0, 0.1) is 0 Å². The maximum Gasteiger partial charge on any atom is 0.422 e.